The molecule has 1 atom stereocenters. The van der Waals surface area contributed by atoms with Gasteiger partial charge in [0.25, 0.3) is 0 Å². The summed E-state index contributed by atoms with van der Waals surface area (Å²) in [5.41, 5.74) is -0.867. The van der Waals surface area contributed by atoms with Gasteiger partial charge in [-0.3, -0.25) is 10.1 Å². The highest BCUT2D eigenvalue weighted by Crippen LogP contribution is 2.12. The van der Waals surface area contributed by atoms with Crippen molar-refractivity contribution in [3.63, 3.8) is 0 Å². The predicted molar refractivity (Wildman–Crippen MR) is 72.9 cm³/mol. The Morgan fingerprint density at radius 1 is 1.44 bits per heavy atom. The largest absolute Gasteiger partial charge is 0.480 e. The summed E-state index contributed by atoms with van der Waals surface area (Å²) in [6, 6.07) is 0.153. The monoisotopic (exact) mass is 260 g/mol. The SMILES string of the molecule is CCOCCN(C)CCC(C)(NC(C)C)C(=O)O. The highest BCUT2D eigenvalue weighted by atomic mass is 16.5. The number of hydrogen-bond acceptors (Lipinski definition) is 4. The zero-order chi connectivity index (χ0) is 14.2. The van der Waals surface area contributed by atoms with Gasteiger partial charge in [0, 0.05) is 25.7 Å². The van der Waals surface area contributed by atoms with Gasteiger partial charge in [0.05, 0.1) is 6.61 Å². The molecule has 0 saturated carbocycles. The summed E-state index contributed by atoms with van der Waals surface area (Å²) in [6.45, 7) is 10.6. The molecule has 0 saturated heterocycles. The third-order valence-corrected chi connectivity index (χ3v) is 2.89. The quantitative estimate of drug-likeness (QED) is 0.578. The Morgan fingerprint density at radius 3 is 2.50 bits per heavy atom. The van der Waals surface area contributed by atoms with Crippen molar-refractivity contribution in [3.8, 4) is 0 Å². The minimum Gasteiger partial charge on any atom is -0.480 e. The number of ether oxygens (including phenoxy) is 1. The average molecular weight is 260 g/mol. The van der Waals surface area contributed by atoms with Gasteiger partial charge >= 0.3 is 5.97 Å². The molecule has 108 valence electrons. The zero-order valence-corrected chi connectivity index (χ0v) is 12.3. The van der Waals surface area contributed by atoms with Crippen LogP contribution in [-0.4, -0.2) is 60.9 Å². The van der Waals surface area contributed by atoms with E-state index in [1.165, 1.54) is 0 Å². The molecule has 0 aliphatic heterocycles. The second-order valence-corrected chi connectivity index (χ2v) is 5.19. The minimum atomic E-state index is -0.867. The first-order valence-electron chi connectivity index (χ1n) is 6.59. The number of nitrogens with one attached hydrogen (secondary N) is 1. The van der Waals surface area contributed by atoms with Crippen LogP contribution in [0.4, 0.5) is 0 Å². The van der Waals surface area contributed by atoms with Crippen LogP contribution in [0.25, 0.3) is 0 Å². The predicted octanol–water partition coefficient (Wildman–Crippen LogP) is 1.19. The second-order valence-electron chi connectivity index (χ2n) is 5.19. The third-order valence-electron chi connectivity index (χ3n) is 2.89. The lowest BCUT2D eigenvalue weighted by atomic mass is 9.96. The molecular weight excluding hydrogens is 232 g/mol. The van der Waals surface area contributed by atoms with E-state index in [9.17, 15) is 9.90 Å². The number of likely N-dealkylation sites (N-methyl/N-ethyl adjacent to an activating group) is 1. The highest BCUT2D eigenvalue weighted by molar-refractivity contribution is 5.78. The molecule has 2 N–H and O–H groups in total. The molecular formula is C13H28N2O3. The van der Waals surface area contributed by atoms with Crippen molar-refractivity contribution in [2.24, 2.45) is 0 Å². The van der Waals surface area contributed by atoms with Gasteiger partial charge in [-0.05, 0) is 41.2 Å². The molecule has 0 aliphatic carbocycles. The molecule has 0 spiro atoms. The molecule has 1 unspecified atom stereocenters. The van der Waals surface area contributed by atoms with Crippen LogP contribution in [0.3, 0.4) is 0 Å². The topological polar surface area (TPSA) is 61.8 Å². The fraction of sp³-hybridized carbons (Fsp3) is 0.923. The second kappa shape index (κ2) is 8.45. The molecule has 5 heteroatoms. The number of aliphatic carboxylic acids is 1. The van der Waals surface area contributed by atoms with Gasteiger partial charge in [-0.1, -0.05) is 0 Å². The molecule has 0 amide bonds. The first-order chi connectivity index (χ1) is 8.31. The summed E-state index contributed by atoms with van der Waals surface area (Å²) in [5, 5.41) is 12.4. The Hall–Kier alpha value is -0.650. The minimum absolute atomic E-state index is 0.153. The summed E-state index contributed by atoms with van der Waals surface area (Å²) >= 11 is 0. The van der Waals surface area contributed by atoms with Crippen LogP contribution in [-0.2, 0) is 9.53 Å². The van der Waals surface area contributed by atoms with Crippen molar-refractivity contribution < 1.29 is 14.6 Å². The fourth-order valence-electron chi connectivity index (χ4n) is 1.77. The van der Waals surface area contributed by atoms with E-state index < -0.39 is 11.5 Å². The lowest BCUT2D eigenvalue weighted by Crippen LogP contribution is -2.53. The van der Waals surface area contributed by atoms with E-state index in [4.69, 9.17) is 4.74 Å². The van der Waals surface area contributed by atoms with E-state index in [-0.39, 0.29) is 6.04 Å². The van der Waals surface area contributed by atoms with Gasteiger partial charge in [0.1, 0.15) is 5.54 Å². The smallest absolute Gasteiger partial charge is 0.323 e. The van der Waals surface area contributed by atoms with Crippen LogP contribution in [0.1, 0.15) is 34.1 Å². The molecule has 0 aromatic heterocycles. The van der Waals surface area contributed by atoms with Crippen LogP contribution in [0, 0.1) is 0 Å². The Labute approximate surface area is 110 Å². The summed E-state index contributed by atoms with van der Waals surface area (Å²) < 4.78 is 5.27. The van der Waals surface area contributed by atoms with Crippen molar-refractivity contribution >= 4 is 5.97 Å². The maximum Gasteiger partial charge on any atom is 0.323 e. The summed E-state index contributed by atoms with van der Waals surface area (Å²) in [7, 11) is 1.98. The lowest BCUT2D eigenvalue weighted by Gasteiger charge is -2.30. The molecule has 5 nitrogen and oxygen atoms in total. The van der Waals surface area contributed by atoms with Gasteiger partial charge in [-0.15, -0.1) is 0 Å². The van der Waals surface area contributed by atoms with E-state index in [1.54, 1.807) is 6.92 Å². The van der Waals surface area contributed by atoms with Crippen molar-refractivity contribution in [1.29, 1.82) is 0 Å². The van der Waals surface area contributed by atoms with Crippen LogP contribution >= 0.6 is 0 Å². The van der Waals surface area contributed by atoms with Gasteiger partial charge in [0.15, 0.2) is 0 Å². The highest BCUT2D eigenvalue weighted by Gasteiger charge is 2.33. The van der Waals surface area contributed by atoms with Gasteiger partial charge in [-0.25, -0.2) is 0 Å². The molecule has 18 heavy (non-hydrogen) atoms. The molecule has 0 rings (SSSR count). The van der Waals surface area contributed by atoms with E-state index in [0.29, 0.717) is 13.0 Å². The Balaban J connectivity index is 4.14. The van der Waals surface area contributed by atoms with Crippen molar-refractivity contribution in [2.45, 2.75) is 45.7 Å². The Kier molecular flexibility index (Phi) is 8.15. The molecule has 0 radical (unpaired) electrons. The number of nitrogens with zero attached hydrogens (tertiary/aromatic N) is 1. The van der Waals surface area contributed by atoms with Crippen LogP contribution in [0.15, 0.2) is 0 Å². The maximum absolute atomic E-state index is 11.3. The molecule has 0 heterocycles. The number of hydrogen-bond donors (Lipinski definition) is 2. The lowest BCUT2D eigenvalue weighted by molar-refractivity contribution is -0.144. The number of rotatable bonds is 10. The molecule has 0 aromatic carbocycles. The zero-order valence-electron chi connectivity index (χ0n) is 12.3. The van der Waals surface area contributed by atoms with E-state index in [1.807, 2.05) is 27.8 Å². The maximum atomic E-state index is 11.3. The van der Waals surface area contributed by atoms with E-state index >= 15 is 0 Å². The van der Waals surface area contributed by atoms with Crippen molar-refractivity contribution in [2.75, 3.05) is 33.4 Å². The molecule has 0 bridgehead atoms. The van der Waals surface area contributed by atoms with E-state index in [2.05, 4.69) is 10.2 Å². The Bertz CT molecular complexity index is 246. The van der Waals surface area contributed by atoms with Gasteiger partial charge < -0.3 is 14.7 Å². The summed E-state index contributed by atoms with van der Waals surface area (Å²) in [6.07, 6.45) is 0.573. The van der Waals surface area contributed by atoms with E-state index in [0.717, 1.165) is 19.7 Å². The van der Waals surface area contributed by atoms with Crippen molar-refractivity contribution in [1.82, 2.24) is 10.2 Å². The summed E-state index contributed by atoms with van der Waals surface area (Å²) in [4.78, 5) is 13.4. The van der Waals surface area contributed by atoms with Crippen LogP contribution in [0.5, 0.6) is 0 Å². The fourth-order valence-corrected chi connectivity index (χ4v) is 1.77. The number of carboxylic acids is 1. The average Bonchev–Trinajstić information content (AvgIpc) is 2.25. The standard InChI is InChI=1S/C13H28N2O3/c1-6-18-10-9-15(5)8-7-13(4,12(16)17)14-11(2)3/h11,14H,6-10H2,1-5H3,(H,16,17). The molecule has 0 aliphatic rings. The van der Waals surface area contributed by atoms with Crippen LogP contribution < -0.4 is 5.32 Å². The Morgan fingerprint density at radius 2 is 2.06 bits per heavy atom. The normalized spacial score (nSPS) is 15.1. The van der Waals surface area contributed by atoms with Gasteiger partial charge in [-0.2, -0.15) is 0 Å². The van der Waals surface area contributed by atoms with Gasteiger partial charge in [0.2, 0.25) is 0 Å². The first kappa shape index (κ1) is 17.4. The first-order valence-corrected chi connectivity index (χ1v) is 6.59. The molecule has 0 aromatic rings. The molecule has 0 fully saturated rings. The third kappa shape index (κ3) is 6.93. The summed E-state index contributed by atoms with van der Waals surface area (Å²) in [5.74, 6) is -0.797. The van der Waals surface area contributed by atoms with Crippen LogP contribution in [0.2, 0.25) is 0 Å². The van der Waals surface area contributed by atoms with Crippen molar-refractivity contribution in [3.05, 3.63) is 0 Å². The number of carboxylic acid groups (broad SMARTS) is 1. The number of carbonyl (C=O) groups is 1.